The summed E-state index contributed by atoms with van der Waals surface area (Å²) in [4.78, 5) is 24.0. The Kier molecular flexibility index (Phi) is 4.61. The molecule has 1 heterocycles. The van der Waals surface area contributed by atoms with Gasteiger partial charge in [-0.3, -0.25) is 15.2 Å². The zero-order valence-corrected chi connectivity index (χ0v) is 11.8. The molecule has 2 rings (SSSR count). The van der Waals surface area contributed by atoms with Crippen LogP contribution in [0.15, 0.2) is 53.3 Å². The van der Waals surface area contributed by atoms with E-state index in [1.54, 1.807) is 37.3 Å². The molecule has 0 saturated carbocycles. The summed E-state index contributed by atoms with van der Waals surface area (Å²) in [6.45, 7) is 1.63. The van der Waals surface area contributed by atoms with Crippen LogP contribution in [-0.4, -0.2) is 25.0 Å². The summed E-state index contributed by atoms with van der Waals surface area (Å²) in [6, 6.07) is 9.67. The molecule has 0 aliphatic carbocycles. The van der Waals surface area contributed by atoms with Crippen molar-refractivity contribution in [3.63, 3.8) is 0 Å². The Balaban J connectivity index is 2.21. The number of nitrogens with one attached hydrogen (secondary N) is 1. The molecule has 6 nitrogen and oxygen atoms in total. The summed E-state index contributed by atoms with van der Waals surface area (Å²) >= 11 is 0. The number of furan rings is 1. The molecule has 2 aromatic rings. The standard InChI is InChI=1S/C15H16N2O4/c1-11(15(19)20-2)17(13-8-9-21-10-13)16-14(18)12-6-4-3-5-7-12/h3-11H,1-2H3,(H,16,18)/t11-/m0/s1. The highest BCUT2D eigenvalue weighted by atomic mass is 16.5. The van der Waals surface area contributed by atoms with Gasteiger partial charge < -0.3 is 9.15 Å². The highest BCUT2D eigenvalue weighted by molar-refractivity contribution is 5.95. The van der Waals surface area contributed by atoms with Crippen molar-refractivity contribution in [1.82, 2.24) is 5.43 Å². The van der Waals surface area contributed by atoms with Gasteiger partial charge in [0.05, 0.1) is 19.1 Å². The number of methoxy groups -OCH3 is 1. The molecule has 0 spiro atoms. The highest BCUT2D eigenvalue weighted by Crippen LogP contribution is 2.16. The Labute approximate surface area is 122 Å². The maximum Gasteiger partial charge on any atom is 0.330 e. The van der Waals surface area contributed by atoms with Gasteiger partial charge in [-0.25, -0.2) is 4.79 Å². The number of nitrogens with zero attached hydrogens (tertiary/aromatic N) is 1. The first-order valence-corrected chi connectivity index (χ1v) is 6.38. The lowest BCUT2D eigenvalue weighted by Crippen LogP contribution is -2.51. The van der Waals surface area contributed by atoms with Crippen LogP contribution in [0.3, 0.4) is 0 Å². The smallest absolute Gasteiger partial charge is 0.330 e. The summed E-state index contributed by atoms with van der Waals surface area (Å²) in [7, 11) is 1.30. The van der Waals surface area contributed by atoms with E-state index >= 15 is 0 Å². The number of hydrogen-bond donors (Lipinski definition) is 1. The number of benzene rings is 1. The molecule has 1 atom stereocenters. The van der Waals surface area contributed by atoms with E-state index in [1.165, 1.54) is 24.6 Å². The first kappa shape index (κ1) is 14.6. The van der Waals surface area contributed by atoms with Crippen molar-refractivity contribution in [2.45, 2.75) is 13.0 Å². The number of hydrogen-bond acceptors (Lipinski definition) is 5. The Hall–Kier alpha value is -2.76. The normalized spacial score (nSPS) is 11.5. The van der Waals surface area contributed by atoms with Gasteiger partial charge in [-0.15, -0.1) is 0 Å². The first-order valence-electron chi connectivity index (χ1n) is 6.38. The zero-order valence-electron chi connectivity index (χ0n) is 11.8. The van der Waals surface area contributed by atoms with Crippen LogP contribution in [0, 0.1) is 0 Å². The summed E-state index contributed by atoms with van der Waals surface area (Å²) in [6.07, 6.45) is 2.89. The predicted octanol–water partition coefficient (Wildman–Crippen LogP) is 1.99. The highest BCUT2D eigenvalue weighted by Gasteiger charge is 2.25. The van der Waals surface area contributed by atoms with E-state index in [4.69, 9.17) is 9.15 Å². The third-order valence-electron chi connectivity index (χ3n) is 2.97. The maximum atomic E-state index is 12.2. The van der Waals surface area contributed by atoms with Crippen LogP contribution >= 0.6 is 0 Å². The van der Waals surface area contributed by atoms with Crippen LogP contribution in [0.4, 0.5) is 5.69 Å². The lowest BCUT2D eigenvalue weighted by atomic mass is 10.2. The lowest BCUT2D eigenvalue weighted by Gasteiger charge is -2.28. The molecule has 110 valence electrons. The number of carbonyl (C=O) groups is 2. The summed E-state index contributed by atoms with van der Waals surface area (Å²) < 4.78 is 9.72. The quantitative estimate of drug-likeness (QED) is 0.673. The van der Waals surface area contributed by atoms with Gasteiger partial charge >= 0.3 is 5.97 Å². The number of hydrazine groups is 1. The minimum Gasteiger partial charge on any atom is -0.470 e. The van der Waals surface area contributed by atoms with Crippen LogP contribution in [0.2, 0.25) is 0 Å². The van der Waals surface area contributed by atoms with Gasteiger partial charge in [0.1, 0.15) is 12.3 Å². The minimum absolute atomic E-state index is 0.326. The van der Waals surface area contributed by atoms with E-state index in [9.17, 15) is 9.59 Å². The number of amides is 1. The third-order valence-corrected chi connectivity index (χ3v) is 2.97. The Morgan fingerprint density at radius 3 is 2.52 bits per heavy atom. The molecule has 0 fully saturated rings. The van der Waals surface area contributed by atoms with Crippen molar-refractivity contribution in [3.05, 3.63) is 54.5 Å². The van der Waals surface area contributed by atoms with Gasteiger partial charge in [-0.2, -0.15) is 0 Å². The average Bonchev–Trinajstić information content (AvgIpc) is 3.05. The van der Waals surface area contributed by atoms with Gasteiger partial charge in [0.2, 0.25) is 0 Å². The molecule has 0 aliphatic heterocycles. The second kappa shape index (κ2) is 6.60. The van der Waals surface area contributed by atoms with Gasteiger partial charge in [0.25, 0.3) is 5.91 Å². The predicted molar refractivity (Wildman–Crippen MR) is 76.6 cm³/mol. The van der Waals surface area contributed by atoms with Crippen molar-refractivity contribution in [2.75, 3.05) is 12.1 Å². The Morgan fingerprint density at radius 2 is 1.95 bits per heavy atom. The van der Waals surface area contributed by atoms with Gasteiger partial charge in [-0.1, -0.05) is 18.2 Å². The second-order valence-corrected chi connectivity index (χ2v) is 4.36. The van der Waals surface area contributed by atoms with E-state index in [1.807, 2.05) is 6.07 Å². The average molecular weight is 288 g/mol. The molecule has 21 heavy (non-hydrogen) atoms. The van der Waals surface area contributed by atoms with Crippen LogP contribution in [0.1, 0.15) is 17.3 Å². The molecule has 0 unspecified atom stereocenters. The van der Waals surface area contributed by atoms with E-state index < -0.39 is 12.0 Å². The van der Waals surface area contributed by atoms with Crippen LogP contribution in [0.5, 0.6) is 0 Å². The van der Waals surface area contributed by atoms with Crippen LogP contribution < -0.4 is 10.4 Å². The van der Waals surface area contributed by atoms with Crippen molar-refractivity contribution in [2.24, 2.45) is 0 Å². The van der Waals surface area contributed by atoms with Crippen molar-refractivity contribution in [1.29, 1.82) is 0 Å². The second-order valence-electron chi connectivity index (χ2n) is 4.36. The first-order chi connectivity index (χ1) is 10.1. The number of anilines is 1. The van der Waals surface area contributed by atoms with Crippen LogP contribution in [0.25, 0.3) is 0 Å². The molecule has 0 bridgehead atoms. The monoisotopic (exact) mass is 288 g/mol. The molecule has 0 aliphatic rings. The Morgan fingerprint density at radius 1 is 1.24 bits per heavy atom. The van der Waals surface area contributed by atoms with E-state index in [2.05, 4.69) is 5.43 Å². The molecule has 6 heteroatoms. The molecule has 0 saturated heterocycles. The molecule has 1 aromatic heterocycles. The lowest BCUT2D eigenvalue weighted by molar-refractivity contribution is -0.141. The van der Waals surface area contributed by atoms with Crippen molar-refractivity contribution in [3.8, 4) is 0 Å². The molecule has 1 aromatic carbocycles. The van der Waals surface area contributed by atoms with Gasteiger partial charge in [0, 0.05) is 11.6 Å². The van der Waals surface area contributed by atoms with Gasteiger partial charge in [-0.05, 0) is 19.1 Å². The third kappa shape index (κ3) is 3.42. The van der Waals surface area contributed by atoms with Gasteiger partial charge in [0.15, 0.2) is 0 Å². The molecular formula is C15H16N2O4. The van der Waals surface area contributed by atoms with E-state index in [0.717, 1.165) is 0 Å². The molecule has 1 amide bonds. The summed E-state index contributed by atoms with van der Waals surface area (Å²) in [5.41, 5.74) is 3.73. The SMILES string of the molecule is COC(=O)[C@H](C)N(NC(=O)c1ccccc1)c1ccoc1. The van der Waals surface area contributed by atoms with E-state index in [0.29, 0.717) is 11.3 Å². The molecular weight excluding hydrogens is 272 g/mol. The number of rotatable bonds is 5. The van der Waals surface area contributed by atoms with Crippen LogP contribution in [-0.2, 0) is 9.53 Å². The molecule has 1 N–H and O–H groups in total. The fraction of sp³-hybridized carbons (Fsp3) is 0.200. The van der Waals surface area contributed by atoms with E-state index in [-0.39, 0.29) is 5.91 Å². The fourth-order valence-corrected chi connectivity index (χ4v) is 1.82. The maximum absolute atomic E-state index is 12.2. The largest absolute Gasteiger partial charge is 0.470 e. The number of esters is 1. The number of ether oxygens (including phenoxy) is 1. The summed E-state index contributed by atoms with van der Waals surface area (Å²) in [5.74, 6) is -0.794. The topological polar surface area (TPSA) is 71.8 Å². The Bertz CT molecular complexity index is 595. The fourth-order valence-electron chi connectivity index (χ4n) is 1.82. The zero-order chi connectivity index (χ0) is 15.2. The van der Waals surface area contributed by atoms with Crippen molar-refractivity contribution >= 4 is 17.6 Å². The minimum atomic E-state index is -0.694. The summed E-state index contributed by atoms with van der Waals surface area (Å²) in [5, 5.41) is 1.41. The van der Waals surface area contributed by atoms with Crippen molar-refractivity contribution < 1.29 is 18.7 Å². The molecule has 0 radical (unpaired) electrons. The number of carbonyl (C=O) groups excluding carboxylic acids is 2.